The Bertz CT molecular complexity index is 264. The molecule has 0 aromatic carbocycles. The van der Waals surface area contributed by atoms with Crippen LogP contribution in [0, 0.1) is 0 Å². The molecule has 0 fully saturated rings. The zero-order chi connectivity index (χ0) is 21.7. The van der Waals surface area contributed by atoms with E-state index in [1.807, 2.05) is 60.9 Å². The maximum absolute atomic E-state index is 8.29. The summed E-state index contributed by atoms with van der Waals surface area (Å²) in [6.45, 7) is 10.3. The van der Waals surface area contributed by atoms with E-state index in [9.17, 15) is 0 Å². The first kappa shape index (κ1) is 31.6. The minimum Gasteiger partial charge on any atom is -0.396 e. The first-order valence-electron chi connectivity index (χ1n) is 10.0. The van der Waals surface area contributed by atoms with Crippen LogP contribution < -0.4 is 0 Å². The van der Waals surface area contributed by atoms with E-state index in [1.54, 1.807) is 0 Å². The van der Waals surface area contributed by atoms with E-state index in [-0.39, 0.29) is 0 Å². The quantitative estimate of drug-likeness (QED) is 0.466. The minimum absolute atomic E-state index is 0.304. The summed E-state index contributed by atoms with van der Waals surface area (Å²) < 4.78 is 17.3. The third-order valence-electron chi connectivity index (χ3n) is 2.94. The van der Waals surface area contributed by atoms with Gasteiger partial charge in [0.25, 0.3) is 0 Å². The zero-order valence-corrected chi connectivity index (χ0v) is 20.9. The molecule has 1 N–H and O–H groups in total. The molecule has 0 atom stereocenters. The number of rotatable bonds is 13. The average Bonchev–Trinajstić information content (AvgIpc) is 2.53. The molecule has 0 radical (unpaired) electrons. The Morgan fingerprint density at radius 1 is 0.667 bits per heavy atom. The molecule has 0 aliphatic heterocycles. The summed E-state index contributed by atoms with van der Waals surface area (Å²) in [5.74, 6) is 0. The van der Waals surface area contributed by atoms with Crippen LogP contribution in [-0.4, -0.2) is 117 Å². The lowest BCUT2D eigenvalue weighted by molar-refractivity contribution is 0.0703. The van der Waals surface area contributed by atoms with Crippen molar-refractivity contribution in [2.75, 3.05) is 88.9 Å². The molecule has 0 aromatic heterocycles. The Hall–Kier alpha value is -0.0631. The molecule has 0 aliphatic carbocycles. The molecule has 7 nitrogen and oxygen atoms in total. The van der Waals surface area contributed by atoms with Crippen LogP contribution in [0.25, 0.3) is 0 Å². The van der Waals surface area contributed by atoms with Crippen molar-refractivity contribution in [3.8, 4) is 0 Å². The van der Waals surface area contributed by atoms with Crippen LogP contribution in [-0.2, 0) is 13.3 Å². The fourth-order valence-corrected chi connectivity index (χ4v) is 4.59. The van der Waals surface area contributed by atoms with Crippen molar-refractivity contribution in [3.63, 3.8) is 0 Å². The molecule has 0 unspecified atom stereocenters. The van der Waals surface area contributed by atoms with Crippen LogP contribution in [0.15, 0.2) is 0 Å². The number of hydrogen-bond acceptors (Lipinski definition) is 7. The third kappa shape index (κ3) is 28.2. The monoisotopic (exact) mass is 411 g/mol. The summed E-state index contributed by atoms with van der Waals surface area (Å²) in [7, 11) is 11.8. The zero-order valence-electron chi connectivity index (χ0n) is 19.9. The van der Waals surface area contributed by atoms with Gasteiger partial charge in [-0.1, -0.05) is 0 Å². The van der Waals surface area contributed by atoms with Gasteiger partial charge in [0.15, 0.2) is 0 Å². The van der Waals surface area contributed by atoms with Crippen LogP contribution in [0.4, 0.5) is 0 Å². The van der Waals surface area contributed by atoms with E-state index in [0.29, 0.717) is 26.4 Å². The highest BCUT2D eigenvalue weighted by molar-refractivity contribution is 6.60. The molecular weight excluding hydrogens is 362 g/mol. The second kappa shape index (κ2) is 22.2. The molecule has 0 saturated heterocycles. The third-order valence-corrected chi connectivity index (χ3v) is 6.10. The fourth-order valence-electron chi connectivity index (χ4n) is 2.00. The molecule has 0 saturated carbocycles. The lowest BCUT2D eigenvalue weighted by atomic mass is 10.4. The molecule has 0 aliphatic rings. The van der Waals surface area contributed by atoms with Gasteiger partial charge in [0.2, 0.25) is 0 Å². The summed E-state index contributed by atoms with van der Waals surface area (Å²) in [5, 5.41) is 8.29. The number of hydrogen-bond donors (Lipinski definition) is 1. The minimum atomic E-state index is -2.39. The van der Waals surface area contributed by atoms with Gasteiger partial charge in [-0.2, -0.15) is 0 Å². The van der Waals surface area contributed by atoms with Crippen molar-refractivity contribution in [3.05, 3.63) is 0 Å². The molecule has 0 amide bonds. The molecule has 27 heavy (non-hydrogen) atoms. The molecule has 168 valence electrons. The number of nitrogens with zero attached hydrogens (tertiary/aromatic N) is 3. The van der Waals surface area contributed by atoms with Gasteiger partial charge in [-0.15, -0.1) is 0 Å². The van der Waals surface area contributed by atoms with Crippen molar-refractivity contribution in [1.82, 2.24) is 14.7 Å². The van der Waals surface area contributed by atoms with Crippen LogP contribution >= 0.6 is 0 Å². The molecule has 8 heteroatoms. The maximum Gasteiger partial charge on any atom is 0.500 e. The Morgan fingerprint density at radius 2 is 1.00 bits per heavy atom. The van der Waals surface area contributed by atoms with E-state index in [1.165, 1.54) is 0 Å². The highest BCUT2D eigenvalue weighted by Crippen LogP contribution is 2.18. The summed E-state index contributed by atoms with van der Waals surface area (Å²) in [6.07, 6.45) is 1.94. The van der Waals surface area contributed by atoms with Crippen LogP contribution in [0.3, 0.4) is 0 Å². The van der Waals surface area contributed by atoms with Gasteiger partial charge in [0, 0.05) is 32.5 Å². The normalized spacial score (nSPS) is 11.3. The van der Waals surface area contributed by atoms with E-state index in [0.717, 1.165) is 32.0 Å². The summed E-state index contributed by atoms with van der Waals surface area (Å²) in [6, 6.07) is 0.903. The van der Waals surface area contributed by atoms with Crippen LogP contribution in [0.1, 0.15) is 33.6 Å². The summed E-state index contributed by atoms with van der Waals surface area (Å²) in [4.78, 5) is 6.22. The standard InChI is InChI=1S/C11H27NO3Si.C5H13NO.C3H9N/c1-6-13-16(14-7-2,15-8-3)11-9-10-12(4)5;1-6(2)4-3-5-7;1-4(2)3/h6-11H2,1-5H3;7H,3-5H2,1-2H3;1-3H3. The summed E-state index contributed by atoms with van der Waals surface area (Å²) in [5.41, 5.74) is 0. The Labute approximate surface area is 170 Å². The van der Waals surface area contributed by atoms with Gasteiger partial charge in [0.1, 0.15) is 0 Å². The van der Waals surface area contributed by atoms with Gasteiger partial charge < -0.3 is 33.1 Å². The van der Waals surface area contributed by atoms with Crippen molar-refractivity contribution < 1.29 is 18.4 Å². The Balaban J connectivity index is -0.000000431. The van der Waals surface area contributed by atoms with Crippen molar-refractivity contribution >= 4 is 8.80 Å². The second-order valence-corrected chi connectivity index (χ2v) is 9.84. The van der Waals surface area contributed by atoms with Crippen LogP contribution in [0.5, 0.6) is 0 Å². The Morgan fingerprint density at radius 3 is 1.22 bits per heavy atom. The van der Waals surface area contributed by atoms with Gasteiger partial charge in [0.05, 0.1) is 0 Å². The van der Waals surface area contributed by atoms with Crippen molar-refractivity contribution in [2.24, 2.45) is 0 Å². The smallest absolute Gasteiger partial charge is 0.396 e. The van der Waals surface area contributed by atoms with Crippen LogP contribution in [0.2, 0.25) is 6.04 Å². The van der Waals surface area contributed by atoms with Crippen molar-refractivity contribution in [2.45, 2.75) is 39.7 Å². The largest absolute Gasteiger partial charge is 0.500 e. The Kier molecular flexibility index (Phi) is 26.0. The lowest BCUT2D eigenvalue weighted by Gasteiger charge is -2.28. The highest BCUT2D eigenvalue weighted by Gasteiger charge is 2.39. The maximum atomic E-state index is 8.29. The predicted octanol–water partition coefficient (Wildman–Crippen LogP) is 2.09. The van der Waals surface area contributed by atoms with E-state index >= 15 is 0 Å². The fraction of sp³-hybridized carbons (Fsp3) is 1.00. The van der Waals surface area contributed by atoms with Gasteiger partial charge in [-0.05, 0) is 96.0 Å². The molecule has 0 bridgehead atoms. The molecule has 0 spiro atoms. The highest BCUT2D eigenvalue weighted by atomic mass is 28.4. The SMILES string of the molecule is CCO[Si](CCCN(C)C)(OCC)OCC.CN(C)C.CN(C)CCCO. The molecule has 0 heterocycles. The predicted molar refractivity (Wildman–Crippen MR) is 118 cm³/mol. The van der Waals surface area contributed by atoms with Gasteiger partial charge in [-0.3, -0.25) is 0 Å². The average molecular weight is 412 g/mol. The topological polar surface area (TPSA) is 57.6 Å². The summed E-state index contributed by atoms with van der Waals surface area (Å²) >= 11 is 0. The van der Waals surface area contributed by atoms with E-state index < -0.39 is 8.80 Å². The van der Waals surface area contributed by atoms with Crippen molar-refractivity contribution in [1.29, 1.82) is 0 Å². The molecule has 0 aromatic rings. The molecular formula is C19H49N3O4Si. The number of aliphatic hydroxyl groups excluding tert-OH is 1. The number of aliphatic hydroxyl groups is 1. The van der Waals surface area contributed by atoms with Gasteiger partial charge in [-0.25, -0.2) is 0 Å². The van der Waals surface area contributed by atoms with Gasteiger partial charge >= 0.3 is 8.80 Å². The lowest BCUT2D eigenvalue weighted by Crippen LogP contribution is -2.46. The second-order valence-electron chi connectivity index (χ2n) is 7.11. The first-order chi connectivity index (χ1) is 12.6. The first-order valence-corrected chi connectivity index (χ1v) is 12.0. The molecule has 0 rings (SSSR count). The van der Waals surface area contributed by atoms with E-state index in [4.69, 9.17) is 18.4 Å². The van der Waals surface area contributed by atoms with E-state index in [2.05, 4.69) is 23.9 Å².